The largest absolute Gasteiger partial charge is 0.481 e. The molecule has 1 aliphatic carbocycles. The number of primary amides is 1. The van der Waals surface area contributed by atoms with E-state index in [2.05, 4.69) is 0 Å². The monoisotopic (exact) mass is 318 g/mol. The molecule has 1 heterocycles. The van der Waals surface area contributed by atoms with E-state index in [1.54, 1.807) is 0 Å². The van der Waals surface area contributed by atoms with E-state index in [1.807, 2.05) is 0 Å². The van der Waals surface area contributed by atoms with E-state index in [1.165, 1.54) is 4.31 Å². The molecule has 0 aromatic carbocycles. The molecule has 2 aliphatic rings. The third-order valence-electron chi connectivity index (χ3n) is 4.58. The fourth-order valence-electron chi connectivity index (χ4n) is 3.41. The van der Waals surface area contributed by atoms with Crippen LogP contribution in [0, 0.1) is 11.8 Å². The number of carboxylic acid groups (broad SMARTS) is 1. The van der Waals surface area contributed by atoms with E-state index in [0.29, 0.717) is 45.2 Å². The Hall–Kier alpha value is -1.15. The van der Waals surface area contributed by atoms with Crippen molar-refractivity contribution in [3.63, 3.8) is 0 Å². The lowest BCUT2D eigenvalue weighted by Gasteiger charge is -2.33. The number of hydrogen-bond acceptors (Lipinski definition) is 4. The average molecular weight is 318 g/mol. The number of aliphatic carboxylic acids is 1. The zero-order valence-electron chi connectivity index (χ0n) is 11.9. The van der Waals surface area contributed by atoms with E-state index < -0.39 is 27.2 Å². The van der Waals surface area contributed by atoms with E-state index in [-0.39, 0.29) is 18.2 Å². The summed E-state index contributed by atoms with van der Waals surface area (Å²) in [6.07, 6.45) is 2.98. The van der Waals surface area contributed by atoms with Crippen molar-refractivity contribution in [3.05, 3.63) is 0 Å². The third-order valence-corrected chi connectivity index (χ3v) is 6.99. The molecule has 120 valence electrons. The highest BCUT2D eigenvalue weighted by Gasteiger charge is 2.44. The molecule has 0 aromatic rings. The maximum atomic E-state index is 12.6. The summed E-state index contributed by atoms with van der Waals surface area (Å²) in [4.78, 5) is 22.1. The molecule has 1 amide bonds. The number of amides is 1. The van der Waals surface area contributed by atoms with Crippen LogP contribution in [0.1, 0.15) is 38.5 Å². The van der Waals surface area contributed by atoms with Gasteiger partial charge in [-0.25, -0.2) is 12.7 Å². The standard InChI is InChI=1S/C13H22N2O5S/c14-12(16)8-9-4-6-15(7-5-9)21(19,20)11-3-1-2-10(11)13(17)18/h9-11H,1-8H2,(H2,14,16)(H,17,18). The maximum absolute atomic E-state index is 12.6. The van der Waals surface area contributed by atoms with Gasteiger partial charge in [0.15, 0.2) is 0 Å². The maximum Gasteiger partial charge on any atom is 0.307 e. The van der Waals surface area contributed by atoms with Gasteiger partial charge < -0.3 is 10.8 Å². The van der Waals surface area contributed by atoms with Gasteiger partial charge in [-0.2, -0.15) is 0 Å². The van der Waals surface area contributed by atoms with Gasteiger partial charge in [0.1, 0.15) is 0 Å². The van der Waals surface area contributed by atoms with Gasteiger partial charge in [0, 0.05) is 19.5 Å². The molecule has 0 bridgehead atoms. The Bertz CT molecular complexity index is 511. The second-order valence-electron chi connectivity index (χ2n) is 5.97. The summed E-state index contributed by atoms with van der Waals surface area (Å²) in [5.41, 5.74) is 5.16. The van der Waals surface area contributed by atoms with Gasteiger partial charge in [0.2, 0.25) is 15.9 Å². The van der Waals surface area contributed by atoms with Crippen LogP contribution in [-0.2, 0) is 19.6 Å². The molecule has 2 rings (SSSR count). The Kier molecular flexibility index (Phi) is 4.88. The number of nitrogens with zero attached hydrogens (tertiary/aromatic N) is 1. The summed E-state index contributed by atoms with van der Waals surface area (Å²) in [7, 11) is -3.57. The first-order valence-electron chi connectivity index (χ1n) is 7.32. The van der Waals surface area contributed by atoms with Crippen LogP contribution < -0.4 is 5.73 Å². The number of carboxylic acids is 1. The van der Waals surface area contributed by atoms with Crippen molar-refractivity contribution in [3.8, 4) is 0 Å². The number of carbonyl (C=O) groups excluding carboxylic acids is 1. The highest BCUT2D eigenvalue weighted by Crippen LogP contribution is 2.34. The first kappa shape index (κ1) is 16.2. The molecular weight excluding hydrogens is 296 g/mol. The van der Waals surface area contributed by atoms with Crippen LogP contribution in [0.25, 0.3) is 0 Å². The molecule has 21 heavy (non-hydrogen) atoms. The number of piperidine rings is 1. The van der Waals surface area contributed by atoms with Crippen molar-refractivity contribution in [2.24, 2.45) is 17.6 Å². The Morgan fingerprint density at radius 1 is 1.14 bits per heavy atom. The number of rotatable bonds is 5. The molecule has 8 heteroatoms. The van der Waals surface area contributed by atoms with Crippen molar-refractivity contribution < 1.29 is 23.1 Å². The topological polar surface area (TPSA) is 118 Å². The summed E-state index contributed by atoms with van der Waals surface area (Å²) < 4.78 is 26.6. The van der Waals surface area contributed by atoms with Crippen LogP contribution in [-0.4, -0.2) is 48.0 Å². The normalized spacial score (nSPS) is 28.6. The van der Waals surface area contributed by atoms with E-state index in [0.717, 1.165) is 0 Å². The molecule has 3 N–H and O–H groups in total. The lowest BCUT2D eigenvalue weighted by molar-refractivity contribution is -0.141. The molecule has 1 saturated carbocycles. The molecule has 0 radical (unpaired) electrons. The average Bonchev–Trinajstić information content (AvgIpc) is 2.88. The number of carbonyl (C=O) groups is 2. The SMILES string of the molecule is NC(=O)CC1CCN(S(=O)(=O)C2CCCC2C(=O)O)CC1. The van der Waals surface area contributed by atoms with Crippen molar-refractivity contribution in [2.75, 3.05) is 13.1 Å². The van der Waals surface area contributed by atoms with Crippen LogP contribution in [0.5, 0.6) is 0 Å². The third kappa shape index (κ3) is 3.55. The predicted octanol–water partition coefficient (Wildman–Crippen LogP) is 0.157. The zero-order chi connectivity index (χ0) is 15.6. The number of nitrogens with two attached hydrogens (primary N) is 1. The summed E-state index contributed by atoms with van der Waals surface area (Å²) in [5.74, 6) is -2.05. The highest BCUT2D eigenvalue weighted by atomic mass is 32.2. The number of sulfonamides is 1. The minimum absolute atomic E-state index is 0.132. The van der Waals surface area contributed by atoms with Crippen LogP contribution in [0.4, 0.5) is 0 Å². The van der Waals surface area contributed by atoms with Crippen LogP contribution in [0.15, 0.2) is 0 Å². The summed E-state index contributed by atoms with van der Waals surface area (Å²) in [6.45, 7) is 0.701. The first-order valence-corrected chi connectivity index (χ1v) is 8.82. The van der Waals surface area contributed by atoms with Gasteiger partial charge >= 0.3 is 5.97 Å². The van der Waals surface area contributed by atoms with Gasteiger partial charge in [-0.05, 0) is 31.6 Å². The van der Waals surface area contributed by atoms with Crippen LogP contribution in [0.3, 0.4) is 0 Å². The summed E-state index contributed by atoms with van der Waals surface area (Å²) in [5, 5.41) is 8.35. The smallest absolute Gasteiger partial charge is 0.307 e. The molecule has 2 fully saturated rings. The van der Waals surface area contributed by atoms with Crippen molar-refractivity contribution >= 4 is 21.9 Å². The Morgan fingerprint density at radius 3 is 2.29 bits per heavy atom. The molecule has 0 aromatic heterocycles. The first-order chi connectivity index (χ1) is 9.82. The second-order valence-corrected chi connectivity index (χ2v) is 8.12. The molecule has 1 aliphatic heterocycles. The van der Waals surface area contributed by atoms with Gasteiger partial charge in [-0.3, -0.25) is 9.59 Å². The van der Waals surface area contributed by atoms with Gasteiger partial charge in [-0.15, -0.1) is 0 Å². The minimum Gasteiger partial charge on any atom is -0.481 e. The van der Waals surface area contributed by atoms with Gasteiger partial charge in [-0.1, -0.05) is 6.42 Å². The minimum atomic E-state index is -3.57. The molecule has 0 spiro atoms. The lowest BCUT2D eigenvalue weighted by atomic mass is 9.94. The summed E-state index contributed by atoms with van der Waals surface area (Å²) >= 11 is 0. The zero-order valence-corrected chi connectivity index (χ0v) is 12.7. The second kappa shape index (κ2) is 6.31. The van der Waals surface area contributed by atoms with Crippen LogP contribution >= 0.6 is 0 Å². The Balaban J connectivity index is 2.01. The lowest BCUT2D eigenvalue weighted by Crippen LogP contribution is -2.46. The van der Waals surface area contributed by atoms with Crippen molar-refractivity contribution in [2.45, 2.75) is 43.8 Å². The quantitative estimate of drug-likeness (QED) is 0.748. The van der Waals surface area contributed by atoms with Gasteiger partial charge in [0.25, 0.3) is 0 Å². The molecule has 2 unspecified atom stereocenters. The van der Waals surface area contributed by atoms with E-state index in [4.69, 9.17) is 10.8 Å². The predicted molar refractivity (Wildman–Crippen MR) is 75.8 cm³/mol. The summed E-state index contributed by atoms with van der Waals surface area (Å²) in [6, 6.07) is 0. The van der Waals surface area contributed by atoms with Crippen molar-refractivity contribution in [1.29, 1.82) is 0 Å². The van der Waals surface area contributed by atoms with Crippen LogP contribution in [0.2, 0.25) is 0 Å². The molecule has 7 nitrogen and oxygen atoms in total. The fourth-order valence-corrected chi connectivity index (χ4v) is 5.64. The molecule has 2 atom stereocenters. The molecular formula is C13H22N2O5S. The van der Waals surface area contributed by atoms with Gasteiger partial charge in [0.05, 0.1) is 11.2 Å². The van der Waals surface area contributed by atoms with E-state index in [9.17, 15) is 18.0 Å². The molecule has 1 saturated heterocycles. The Labute approximate surface area is 124 Å². The highest BCUT2D eigenvalue weighted by molar-refractivity contribution is 7.89. The Morgan fingerprint density at radius 2 is 1.76 bits per heavy atom. The number of hydrogen-bond donors (Lipinski definition) is 2. The fraction of sp³-hybridized carbons (Fsp3) is 0.846. The van der Waals surface area contributed by atoms with E-state index >= 15 is 0 Å². The van der Waals surface area contributed by atoms with Crippen molar-refractivity contribution in [1.82, 2.24) is 4.31 Å².